The van der Waals surface area contributed by atoms with Gasteiger partial charge in [-0.25, -0.2) is 15.0 Å². The highest BCUT2D eigenvalue weighted by molar-refractivity contribution is 5.97. The molecule has 0 fully saturated rings. The minimum Gasteiger partial charge on any atom is -0.382 e. The van der Waals surface area contributed by atoms with Crippen LogP contribution in [-0.4, -0.2) is 25.7 Å². The summed E-state index contributed by atoms with van der Waals surface area (Å²) in [6.45, 7) is 9.57. The number of nitrogens with one attached hydrogen (secondary N) is 1. The summed E-state index contributed by atoms with van der Waals surface area (Å²) in [6, 6.07) is 7.99. The van der Waals surface area contributed by atoms with E-state index < -0.39 is 0 Å². The Kier molecular flexibility index (Phi) is 4.42. The fourth-order valence-corrected chi connectivity index (χ4v) is 3.80. The van der Waals surface area contributed by atoms with Crippen LogP contribution in [-0.2, 0) is 0 Å². The summed E-state index contributed by atoms with van der Waals surface area (Å²) in [4.78, 5) is 29.0. The zero-order valence-corrected chi connectivity index (χ0v) is 17.2. The molecule has 0 aliphatic heterocycles. The minimum atomic E-state index is 0.0589. The Bertz CT molecular complexity index is 1260. The van der Waals surface area contributed by atoms with Crippen LogP contribution in [0.25, 0.3) is 33.8 Å². The molecule has 3 N–H and O–H groups in total. The lowest BCUT2D eigenvalue weighted by atomic mass is 9.96. The van der Waals surface area contributed by atoms with Crippen molar-refractivity contribution in [2.45, 2.75) is 34.6 Å². The number of hydrogen-bond acceptors (Lipinski definition) is 5. The molecule has 0 bridgehead atoms. The van der Waals surface area contributed by atoms with Gasteiger partial charge in [-0.2, -0.15) is 0 Å². The highest BCUT2D eigenvalue weighted by Crippen LogP contribution is 2.29. The van der Waals surface area contributed by atoms with E-state index in [0.29, 0.717) is 23.0 Å². The van der Waals surface area contributed by atoms with Crippen molar-refractivity contribution in [3.05, 3.63) is 58.3 Å². The van der Waals surface area contributed by atoms with E-state index in [9.17, 15) is 4.79 Å². The van der Waals surface area contributed by atoms with Crippen LogP contribution >= 0.6 is 0 Å². The maximum Gasteiger partial charge on any atom is 0.161 e. The van der Waals surface area contributed by atoms with Crippen LogP contribution in [0.15, 0.2) is 30.5 Å². The van der Waals surface area contributed by atoms with Crippen molar-refractivity contribution < 1.29 is 4.79 Å². The molecule has 2 aromatic carbocycles. The number of imidazole rings is 1. The third-order valence-electron chi connectivity index (χ3n) is 5.38. The smallest absolute Gasteiger partial charge is 0.161 e. The summed E-state index contributed by atoms with van der Waals surface area (Å²) >= 11 is 0. The maximum atomic E-state index is 11.9. The number of ketones is 1. The molecular formula is C23H23N5O. The molecule has 0 spiro atoms. The SMILES string of the molecule is CC(=O)c1c(C)cc(-c2cnc(N)c(-c3nc4c(C)c(C)ccc4[nH]3)n2)cc1C. The van der Waals surface area contributed by atoms with Crippen LogP contribution in [0.3, 0.4) is 0 Å². The van der Waals surface area contributed by atoms with E-state index in [4.69, 9.17) is 15.7 Å². The lowest BCUT2D eigenvalue weighted by Crippen LogP contribution is -2.03. The van der Waals surface area contributed by atoms with Crippen LogP contribution in [0, 0.1) is 27.7 Å². The molecule has 2 aromatic heterocycles. The van der Waals surface area contributed by atoms with Gasteiger partial charge in [0.15, 0.2) is 17.4 Å². The number of nitrogen functional groups attached to an aromatic ring is 1. The van der Waals surface area contributed by atoms with Gasteiger partial charge >= 0.3 is 0 Å². The summed E-state index contributed by atoms with van der Waals surface area (Å²) < 4.78 is 0. The monoisotopic (exact) mass is 385 g/mol. The van der Waals surface area contributed by atoms with Crippen molar-refractivity contribution in [2.24, 2.45) is 0 Å². The van der Waals surface area contributed by atoms with Crippen molar-refractivity contribution in [3.63, 3.8) is 0 Å². The van der Waals surface area contributed by atoms with Crippen LogP contribution in [0.5, 0.6) is 0 Å². The highest BCUT2D eigenvalue weighted by Gasteiger charge is 2.16. The number of carbonyl (C=O) groups excluding carboxylic acids is 1. The molecule has 0 radical (unpaired) electrons. The second-order valence-electron chi connectivity index (χ2n) is 7.52. The van der Waals surface area contributed by atoms with Gasteiger partial charge in [0, 0.05) is 11.1 Å². The van der Waals surface area contributed by atoms with E-state index in [1.807, 2.05) is 32.0 Å². The fraction of sp³-hybridized carbons (Fsp3) is 0.217. The molecule has 146 valence electrons. The highest BCUT2D eigenvalue weighted by atomic mass is 16.1. The molecule has 2 heterocycles. The summed E-state index contributed by atoms with van der Waals surface area (Å²) in [5.74, 6) is 0.967. The molecule has 0 unspecified atom stereocenters. The van der Waals surface area contributed by atoms with E-state index in [1.165, 1.54) is 5.56 Å². The maximum absolute atomic E-state index is 11.9. The Morgan fingerprint density at radius 3 is 2.34 bits per heavy atom. The largest absolute Gasteiger partial charge is 0.382 e. The molecule has 0 saturated carbocycles. The molecule has 6 nitrogen and oxygen atoms in total. The number of fused-ring (bicyclic) bond motifs is 1. The molecule has 4 rings (SSSR count). The third-order valence-corrected chi connectivity index (χ3v) is 5.38. The Labute approximate surface area is 169 Å². The zero-order chi connectivity index (χ0) is 20.9. The molecule has 4 aromatic rings. The van der Waals surface area contributed by atoms with E-state index in [2.05, 4.69) is 29.9 Å². The van der Waals surface area contributed by atoms with Crippen molar-refractivity contribution >= 4 is 22.6 Å². The Hall–Kier alpha value is -3.54. The van der Waals surface area contributed by atoms with Crippen molar-refractivity contribution in [3.8, 4) is 22.8 Å². The summed E-state index contributed by atoms with van der Waals surface area (Å²) in [5, 5.41) is 0. The predicted molar refractivity (Wildman–Crippen MR) is 116 cm³/mol. The number of aryl methyl sites for hydroxylation is 4. The van der Waals surface area contributed by atoms with Crippen molar-refractivity contribution in [1.82, 2.24) is 19.9 Å². The fourth-order valence-electron chi connectivity index (χ4n) is 3.80. The molecule has 0 amide bonds. The van der Waals surface area contributed by atoms with E-state index in [0.717, 1.165) is 38.9 Å². The van der Waals surface area contributed by atoms with Gasteiger partial charge in [-0.1, -0.05) is 6.07 Å². The van der Waals surface area contributed by atoms with Crippen LogP contribution < -0.4 is 5.73 Å². The standard InChI is InChI=1S/C23H23N5O/c1-11-6-7-17-20(14(11)4)28-23(27-17)21-22(24)25-10-18(26-21)16-8-12(2)19(15(5)29)13(3)9-16/h6-10H,1-5H3,(H2,24,25)(H,27,28). The molecule has 0 saturated heterocycles. The number of rotatable bonds is 3. The number of carbonyl (C=O) groups is 1. The summed E-state index contributed by atoms with van der Waals surface area (Å²) in [5.41, 5.74) is 15.0. The quantitative estimate of drug-likeness (QED) is 0.498. The van der Waals surface area contributed by atoms with Gasteiger partial charge in [0.05, 0.1) is 22.9 Å². The molecule has 0 aliphatic carbocycles. The molecule has 0 atom stereocenters. The normalized spacial score (nSPS) is 11.2. The molecule has 0 aliphatic rings. The number of anilines is 1. The lowest BCUT2D eigenvalue weighted by molar-refractivity contribution is 0.101. The number of aromatic amines is 1. The van der Waals surface area contributed by atoms with Gasteiger partial charge in [0.25, 0.3) is 0 Å². The number of nitrogens with two attached hydrogens (primary N) is 1. The average Bonchev–Trinajstić information content (AvgIpc) is 3.09. The zero-order valence-electron chi connectivity index (χ0n) is 17.2. The van der Waals surface area contributed by atoms with Gasteiger partial charge in [-0.15, -0.1) is 0 Å². The number of Topliss-reactive ketones (excluding diaryl/α,β-unsaturated/α-hetero) is 1. The number of nitrogens with zero attached hydrogens (tertiary/aromatic N) is 3. The Morgan fingerprint density at radius 2 is 1.69 bits per heavy atom. The van der Waals surface area contributed by atoms with Gasteiger partial charge in [-0.3, -0.25) is 4.79 Å². The first-order chi connectivity index (χ1) is 13.8. The van der Waals surface area contributed by atoms with Gasteiger partial charge in [0.1, 0.15) is 5.69 Å². The summed E-state index contributed by atoms with van der Waals surface area (Å²) in [6.07, 6.45) is 1.65. The third kappa shape index (κ3) is 3.16. The Morgan fingerprint density at radius 1 is 1.00 bits per heavy atom. The van der Waals surface area contributed by atoms with Crippen molar-refractivity contribution in [2.75, 3.05) is 5.73 Å². The average molecular weight is 385 g/mol. The van der Waals surface area contributed by atoms with Crippen LogP contribution in [0.4, 0.5) is 5.82 Å². The lowest BCUT2D eigenvalue weighted by Gasteiger charge is -2.11. The number of H-pyrrole nitrogens is 1. The Balaban J connectivity index is 1.86. The summed E-state index contributed by atoms with van der Waals surface area (Å²) in [7, 11) is 0. The minimum absolute atomic E-state index is 0.0589. The van der Waals surface area contributed by atoms with E-state index >= 15 is 0 Å². The molecule has 29 heavy (non-hydrogen) atoms. The van der Waals surface area contributed by atoms with Gasteiger partial charge in [0.2, 0.25) is 0 Å². The van der Waals surface area contributed by atoms with Gasteiger partial charge < -0.3 is 10.7 Å². The number of benzene rings is 2. The van der Waals surface area contributed by atoms with E-state index in [-0.39, 0.29) is 5.78 Å². The molecule has 6 heteroatoms. The first-order valence-corrected chi connectivity index (χ1v) is 9.47. The van der Waals surface area contributed by atoms with Crippen LogP contribution in [0.1, 0.15) is 39.5 Å². The number of hydrogen-bond donors (Lipinski definition) is 2. The van der Waals surface area contributed by atoms with E-state index in [1.54, 1.807) is 13.1 Å². The first kappa shape index (κ1) is 18.8. The first-order valence-electron chi connectivity index (χ1n) is 9.47. The molecular weight excluding hydrogens is 362 g/mol. The second-order valence-corrected chi connectivity index (χ2v) is 7.52. The van der Waals surface area contributed by atoms with Gasteiger partial charge in [-0.05, 0) is 75.1 Å². The topological polar surface area (TPSA) is 97.5 Å². The predicted octanol–water partition coefficient (Wildman–Crippen LogP) is 4.71. The van der Waals surface area contributed by atoms with Crippen LogP contribution in [0.2, 0.25) is 0 Å². The van der Waals surface area contributed by atoms with Crippen molar-refractivity contribution in [1.29, 1.82) is 0 Å². The second kappa shape index (κ2) is 6.81. The number of aromatic nitrogens is 4.